The summed E-state index contributed by atoms with van der Waals surface area (Å²) in [5.41, 5.74) is 9.61. The van der Waals surface area contributed by atoms with E-state index in [0.29, 0.717) is 5.92 Å². The van der Waals surface area contributed by atoms with Gasteiger partial charge in [-0.05, 0) is 53.1 Å². The van der Waals surface area contributed by atoms with Crippen LogP contribution in [0.5, 0.6) is 0 Å². The van der Waals surface area contributed by atoms with Crippen molar-refractivity contribution < 1.29 is 0 Å². The summed E-state index contributed by atoms with van der Waals surface area (Å²) in [5.74, 6) is 0.407. The van der Waals surface area contributed by atoms with Gasteiger partial charge in [0.25, 0.3) is 0 Å². The largest absolute Gasteiger partial charge is 0.0836 e. The first-order chi connectivity index (χ1) is 12.2. The van der Waals surface area contributed by atoms with E-state index in [9.17, 15) is 0 Å². The topological polar surface area (TPSA) is 0 Å². The summed E-state index contributed by atoms with van der Waals surface area (Å²) >= 11 is 0. The third kappa shape index (κ3) is 3.17. The van der Waals surface area contributed by atoms with Crippen LogP contribution >= 0.6 is 0 Å². The van der Waals surface area contributed by atoms with E-state index < -0.39 is 0 Å². The number of rotatable bonds is 3. The van der Waals surface area contributed by atoms with Crippen molar-refractivity contribution in [3.05, 3.63) is 101 Å². The fourth-order valence-electron chi connectivity index (χ4n) is 3.76. The van der Waals surface area contributed by atoms with Gasteiger partial charge in [-0.25, -0.2) is 0 Å². The van der Waals surface area contributed by atoms with Gasteiger partial charge in [-0.3, -0.25) is 0 Å². The van der Waals surface area contributed by atoms with Crippen LogP contribution in [0.1, 0.15) is 47.1 Å². The van der Waals surface area contributed by atoms with E-state index in [2.05, 4.69) is 92.7 Å². The van der Waals surface area contributed by atoms with E-state index in [1.807, 2.05) is 0 Å². The summed E-state index contributed by atoms with van der Waals surface area (Å²) in [6.07, 6.45) is 6.94. The summed E-state index contributed by atoms with van der Waals surface area (Å²) in [6.45, 7) is 4.45. The molecule has 25 heavy (non-hydrogen) atoms. The lowest BCUT2D eigenvalue weighted by Gasteiger charge is -2.20. The van der Waals surface area contributed by atoms with E-state index in [1.165, 1.54) is 45.4 Å². The molecule has 3 aromatic carbocycles. The Morgan fingerprint density at radius 3 is 2.20 bits per heavy atom. The average Bonchev–Trinajstić information content (AvgIpc) is 2.68. The molecule has 0 N–H and O–H groups in total. The van der Waals surface area contributed by atoms with Crippen LogP contribution in [0.4, 0.5) is 0 Å². The van der Waals surface area contributed by atoms with Crippen LogP contribution in [0.2, 0.25) is 0 Å². The van der Waals surface area contributed by atoms with Gasteiger partial charge in [-0.15, -0.1) is 0 Å². The van der Waals surface area contributed by atoms with Crippen molar-refractivity contribution in [3.8, 4) is 11.1 Å². The van der Waals surface area contributed by atoms with E-state index in [-0.39, 0.29) is 0 Å². The SMILES string of the molecule is Cc1ccc(-c2ccc(C(C)c3cccc4c3C=CCC4)cc2)cc1. The molecule has 0 bridgehead atoms. The maximum atomic E-state index is 2.32. The fraction of sp³-hybridized carbons (Fsp3) is 0.200. The van der Waals surface area contributed by atoms with Crippen LogP contribution in [0.3, 0.4) is 0 Å². The van der Waals surface area contributed by atoms with E-state index in [4.69, 9.17) is 0 Å². The summed E-state index contributed by atoms with van der Waals surface area (Å²) < 4.78 is 0. The van der Waals surface area contributed by atoms with Gasteiger partial charge in [0.2, 0.25) is 0 Å². The molecule has 0 spiro atoms. The fourth-order valence-corrected chi connectivity index (χ4v) is 3.76. The lowest BCUT2D eigenvalue weighted by Crippen LogP contribution is -2.03. The van der Waals surface area contributed by atoms with Crippen molar-refractivity contribution in [2.24, 2.45) is 0 Å². The van der Waals surface area contributed by atoms with Crippen molar-refractivity contribution in [3.63, 3.8) is 0 Å². The minimum absolute atomic E-state index is 0.407. The molecule has 1 aliphatic rings. The Hall–Kier alpha value is -2.60. The van der Waals surface area contributed by atoms with Crippen molar-refractivity contribution in [1.29, 1.82) is 0 Å². The molecule has 0 aromatic heterocycles. The number of aryl methyl sites for hydroxylation is 2. The van der Waals surface area contributed by atoms with Gasteiger partial charge in [-0.1, -0.05) is 91.4 Å². The number of benzene rings is 3. The average molecular weight is 324 g/mol. The normalized spacial score (nSPS) is 14.2. The molecule has 1 aliphatic carbocycles. The van der Waals surface area contributed by atoms with Gasteiger partial charge < -0.3 is 0 Å². The first-order valence-electron chi connectivity index (χ1n) is 9.18. The molecule has 0 nitrogen and oxygen atoms in total. The molecule has 1 atom stereocenters. The molecule has 1 unspecified atom stereocenters. The summed E-state index contributed by atoms with van der Waals surface area (Å²) in [6, 6.07) is 24.6. The second-order valence-corrected chi connectivity index (χ2v) is 7.07. The molecule has 0 saturated heterocycles. The van der Waals surface area contributed by atoms with E-state index in [0.717, 1.165) is 6.42 Å². The molecule has 0 heterocycles. The molecule has 0 aliphatic heterocycles. The Labute approximate surface area is 150 Å². The summed E-state index contributed by atoms with van der Waals surface area (Å²) in [5, 5.41) is 0. The molecule has 0 radical (unpaired) electrons. The number of fused-ring (bicyclic) bond motifs is 1. The molecule has 0 heteroatoms. The minimum Gasteiger partial charge on any atom is -0.0836 e. The number of allylic oxidation sites excluding steroid dienone is 1. The van der Waals surface area contributed by atoms with Gasteiger partial charge in [-0.2, -0.15) is 0 Å². The summed E-state index contributed by atoms with van der Waals surface area (Å²) in [4.78, 5) is 0. The highest BCUT2D eigenvalue weighted by atomic mass is 14.2. The zero-order valence-electron chi connectivity index (χ0n) is 15.0. The predicted octanol–water partition coefficient (Wildman–Crippen LogP) is 6.77. The Morgan fingerprint density at radius 2 is 1.48 bits per heavy atom. The maximum absolute atomic E-state index is 2.32. The van der Waals surface area contributed by atoms with Gasteiger partial charge >= 0.3 is 0 Å². The number of hydrogen-bond acceptors (Lipinski definition) is 0. The molecule has 124 valence electrons. The highest BCUT2D eigenvalue weighted by molar-refractivity contribution is 5.65. The zero-order chi connectivity index (χ0) is 17.2. The smallest absolute Gasteiger partial charge is 0.00670 e. The molecule has 0 fully saturated rings. The standard InChI is InChI=1S/C25H24/c1-18-10-12-21(13-11-18)22-16-14-20(15-17-22)19(2)24-9-5-7-23-6-3-4-8-25(23)24/h4-5,7-17,19H,3,6H2,1-2H3. The third-order valence-corrected chi connectivity index (χ3v) is 5.36. The first kappa shape index (κ1) is 15.9. The van der Waals surface area contributed by atoms with Crippen molar-refractivity contribution in [2.45, 2.75) is 32.6 Å². The van der Waals surface area contributed by atoms with Crippen molar-refractivity contribution in [1.82, 2.24) is 0 Å². The third-order valence-electron chi connectivity index (χ3n) is 5.36. The van der Waals surface area contributed by atoms with Gasteiger partial charge in [0.1, 0.15) is 0 Å². The van der Waals surface area contributed by atoms with Crippen LogP contribution in [0.15, 0.2) is 72.8 Å². The highest BCUT2D eigenvalue weighted by Crippen LogP contribution is 2.33. The van der Waals surface area contributed by atoms with Gasteiger partial charge in [0.05, 0.1) is 0 Å². The molecule has 0 saturated carbocycles. The zero-order valence-corrected chi connectivity index (χ0v) is 15.0. The molecular formula is C25H24. The highest BCUT2D eigenvalue weighted by Gasteiger charge is 2.15. The van der Waals surface area contributed by atoms with Crippen LogP contribution in [0, 0.1) is 6.92 Å². The molecule has 4 rings (SSSR count). The van der Waals surface area contributed by atoms with Crippen LogP contribution in [-0.4, -0.2) is 0 Å². The van der Waals surface area contributed by atoms with Crippen molar-refractivity contribution in [2.75, 3.05) is 0 Å². The second-order valence-electron chi connectivity index (χ2n) is 7.07. The Balaban J connectivity index is 1.65. The van der Waals surface area contributed by atoms with Gasteiger partial charge in [0, 0.05) is 5.92 Å². The lowest BCUT2D eigenvalue weighted by atomic mass is 9.84. The predicted molar refractivity (Wildman–Crippen MR) is 108 cm³/mol. The Morgan fingerprint density at radius 1 is 0.800 bits per heavy atom. The van der Waals surface area contributed by atoms with E-state index >= 15 is 0 Å². The van der Waals surface area contributed by atoms with Crippen LogP contribution in [-0.2, 0) is 6.42 Å². The first-order valence-corrected chi connectivity index (χ1v) is 9.18. The van der Waals surface area contributed by atoms with Crippen LogP contribution in [0.25, 0.3) is 17.2 Å². The number of hydrogen-bond donors (Lipinski definition) is 0. The molecule has 0 amide bonds. The Bertz CT molecular complexity index is 896. The van der Waals surface area contributed by atoms with Crippen molar-refractivity contribution >= 4 is 6.08 Å². The van der Waals surface area contributed by atoms with Gasteiger partial charge in [0.15, 0.2) is 0 Å². The van der Waals surface area contributed by atoms with Crippen LogP contribution < -0.4 is 0 Å². The second kappa shape index (κ2) is 6.72. The summed E-state index contributed by atoms with van der Waals surface area (Å²) in [7, 11) is 0. The minimum atomic E-state index is 0.407. The van der Waals surface area contributed by atoms with E-state index in [1.54, 1.807) is 0 Å². The quantitative estimate of drug-likeness (QED) is 0.498. The Kier molecular flexibility index (Phi) is 4.28. The monoisotopic (exact) mass is 324 g/mol. The lowest BCUT2D eigenvalue weighted by molar-refractivity contribution is 0.899. The maximum Gasteiger partial charge on any atom is 0.00670 e. The molecular weight excluding hydrogens is 300 g/mol. The molecule has 3 aromatic rings.